The molecule has 1 unspecified atom stereocenters. The van der Waals surface area contributed by atoms with E-state index in [0.29, 0.717) is 11.5 Å². The van der Waals surface area contributed by atoms with Crippen LogP contribution in [0.15, 0.2) is 0 Å². The molecule has 84 valence electrons. The lowest BCUT2D eigenvalue weighted by Gasteiger charge is -2.17. The van der Waals surface area contributed by atoms with Crippen molar-refractivity contribution in [3.8, 4) is 0 Å². The van der Waals surface area contributed by atoms with Gasteiger partial charge in [-0.05, 0) is 54.2 Å². The van der Waals surface area contributed by atoms with Crippen LogP contribution < -0.4 is 5.73 Å². The molecule has 0 aromatic carbocycles. The highest BCUT2D eigenvalue weighted by Crippen LogP contribution is 2.44. The second-order valence-electron chi connectivity index (χ2n) is 5.29. The van der Waals surface area contributed by atoms with E-state index in [4.69, 9.17) is 5.73 Å². The van der Waals surface area contributed by atoms with Gasteiger partial charge >= 0.3 is 0 Å². The van der Waals surface area contributed by atoms with E-state index in [1.54, 1.807) is 0 Å². The molecule has 1 aliphatic rings. The summed E-state index contributed by atoms with van der Waals surface area (Å²) in [6.45, 7) is 6.67. The van der Waals surface area contributed by atoms with Crippen LogP contribution in [-0.4, -0.2) is 9.78 Å². The van der Waals surface area contributed by atoms with Crippen molar-refractivity contribution in [1.82, 2.24) is 9.78 Å². The summed E-state index contributed by atoms with van der Waals surface area (Å²) in [7, 11) is 0. The van der Waals surface area contributed by atoms with Crippen LogP contribution >= 0.6 is 22.6 Å². The van der Waals surface area contributed by atoms with Crippen molar-refractivity contribution in [3.63, 3.8) is 0 Å². The fraction of sp³-hybridized carbons (Fsp3) is 0.727. The van der Waals surface area contributed by atoms with Crippen molar-refractivity contribution in [2.75, 3.05) is 5.73 Å². The van der Waals surface area contributed by atoms with E-state index in [2.05, 4.69) is 41.5 Å². The SMILES string of the molecule is Cc1nn(C2CCC(C)(C)C2)c(N)c1I. The monoisotopic (exact) mass is 319 g/mol. The Morgan fingerprint density at radius 1 is 1.53 bits per heavy atom. The van der Waals surface area contributed by atoms with E-state index < -0.39 is 0 Å². The van der Waals surface area contributed by atoms with E-state index in [9.17, 15) is 0 Å². The minimum absolute atomic E-state index is 0.447. The average Bonchev–Trinajstić information content (AvgIpc) is 2.62. The van der Waals surface area contributed by atoms with E-state index in [1.165, 1.54) is 19.3 Å². The molecule has 0 spiro atoms. The summed E-state index contributed by atoms with van der Waals surface area (Å²) in [5.74, 6) is 0.843. The Labute approximate surface area is 105 Å². The summed E-state index contributed by atoms with van der Waals surface area (Å²) in [6.07, 6.45) is 3.66. The van der Waals surface area contributed by atoms with Gasteiger partial charge < -0.3 is 5.73 Å². The molecule has 1 fully saturated rings. The Kier molecular flexibility index (Phi) is 2.73. The molecule has 0 bridgehead atoms. The Morgan fingerprint density at radius 3 is 2.60 bits per heavy atom. The van der Waals surface area contributed by atoms with Crippen LogP contribution in [0.4, 0.5) is 5.82 Å². The zero-order valence-corrected chi connectivity index (χ0v) is 11.7. The smallest absolute Gasteiger partial charge is 0.135 e. The largest absolute Gasteiger partial charge is 0.383 e. The predicted molar refractivity (Wildman–Crippen MR) is 70.8 cm³/mol. The van der Waals surface area contributed by atoms with Crippen LogP contribution in [0.3, 0.4) is 0 Å². The molecule has 1 aliphatic carbocycles. The third-order valence-corrected chi connectivity index (χ3v) is 4.67. The predicted octanol–water partition coefficient (Wildman–Crippen LogP) is 3.13. The molecule has 1 aromatic rings. The van der Waals surface area contributed by atoms with E-state index in [0.717, 1.165) is 15.1 Å². The Hall–Kier alpha value is -0.260. The molecule has 0 aliphatic heterocycles. The number of halogens is 1. The van der Waals surface area contributed by atoms with Gasteiger partial charge in [0.2, 0.25) is 0 Å². The molecule has 1 atom stereocenters. The van der Waals surface area contributed by atoms with Gasteiger partial charge in [-0.15, -0.1) is 0 Å². The van der Waals surface area contributed by atoms with Crippen LogP contribution in [0.25, 0.3) is 0 Å². The van der Waals surface area contributed by atoms with Crippen LogP contribution in [0, 0.1) is 15.9 Å². The Morgan fingerprint density at radius 2 is 2.20 bits per heavy atom. The van der Waals surface area contributed by atoms with Crippen LogP contribution in [-0.2, 0) is 0 Å². The number of aryl methyl sites for hydroxylation is 1. The first-order valence-electron chi connectivity index (χ1n) is 5.41. The molecule has 1 heterocycles. The standard InChI is InChI=1S/C11H18IN3/c1-7-9(12)10(13)15(14-7)8-4-5-11(2,3)6-8/h8H,4-6,13H2,1-3H3. The highest BCUT2D eigenvalue weighted by molar-refractivity contribution is 14.1. The van der Waals surface area contributed by atoms with Gasteiger partial charge in [0.1, 0.15) is 5.82 Å². The molecule has 2 rings (SSSR count). The zero-order chi connectivity index (χ0) is 11.2. The van der Waals surface area contributed by atoms with Crippen LogP contribution in [0.5, 0.6) is 0 Å². The molecule has 15 heavy (non-hydrogen) atoms. The molecule has 0 saturated heterocycles. The van der Waals surface area contributed by atoms with Crippen molar-refractivity contribution in [2.45, 2.75) is 46.1 Å². The highest BCUT2D eigenvalue weighted by Gasteiger charge is 2.33. The lowest BCUT2D eigenvalue weighted by molar-refractivity contribution is 0.351. The molecule has 1 aromatic heterocycles. The number of nitrogen functional groups attached to an aromatic ring is 1. The van der Waals surface area contributed by atoms with E-state index in [-0.39, 0.29) is 0 Å². The van der Waals surface area contributed by atoms with Crippen molar-refractivity contribution < 1.29 is 0 Å². The van der Waals surface area contributed by atoms with Gasteiger partial charge in [-0.25, -0.2) is 4.68 Å². The van der Waals surface area contributed by atoms with Gasteiger partial charge in [-0.3, -0.25) is 0 Å². The highest BCUT2D eigenvalue weighted by atomic mass is 127. The molecule has 4 heteroatoms. The van der Waals surface area contributed by atoms with Crippen LogP contribution in [0.2, 0.25) is 0 Å². The summed E-state index contributed by atoms with van der Waals surface area (Å²) < 4.78 is 3.14. The minimum atomic E-state index is 0.447. The van der Waals surface area contributed by atoms with Crippen molar-refractivity contribution >= 4 is 28.4 Å². The van der Waals surface area contributed by atoms with E-state index in [1.807, 2.05) is 11.6 Å². The summed E-state index contributed by atoms with van der Waals surface area (Å²) in [5, 5.41) is 4.54. The lowest BCUT2D eigenvalue weighted by Crippen LogP contribution is -2.13. The van der Waals surface area contributed by atoms with E-state index >= 15 is 0 Å². The molecule has 1 saturated carbocycles. The average molecular weight is 319 g/mol. The summed E-state index contributed by atoms with van der Waals surface area (Å²) in [6, 6.07) is 0.502. The molecular formula is C11H18IN3. The third-order valence-electron chi connectivity index (χ3n) is 3.34. The first-order chi connectivity index (χ1) is 6.91. The molecular weight excluding hydrogens is 301 g/mol. The lowest BCUT2D eigenvalue weighted by atomic mass is 9.92. The number of nitrogens with two attached hydrogens (primary N) is 1. The van der Waals surface area contributed by atoms with Gasteiger partial charge in [-0.1, -0.05) is 13.8 Å². The molecule has 2 N–H and O–H groups in total. The number of hydrogen-bond acceptors (Lipinski definition) is 2. The van der Waals surface area contributed by atoms with Crippen molar-refractivity contribution in [2.24, 2.45) is 5.41 Å². The molecule has 3 nitrogen and oxygen atoms in total. The Balaban J connectivity index is 2.28. The van der Waals surface area contributed by atoms with Crippen LogP contribution in [0.1, 0.15) is 44.8 Å². The summed E-state index contributed by atoms with van der Waals surface area (Å²) in [4.78, 5) is 0. The molecule has 0 radical (unpaired) electrons. The third kappa shape index (κ3) is 2.00. The fourth-order valence-corrected chi connectivity index (χ4v) is 2.79. The maximum Gasteiger partial charge on any atom is 0.135 e. The van der Waals surface area contributed by atoms with Gasteiger partial charge in [-0.2, -0.15) is 5.10 Å². The number of rotatable bonds is 1. The van der Waals surface area contributed by atoms with Gasteiger partial charge in [0, 0.05) is 0 Å². The topological polar surface area (TPSA) is 43.8 Å². The number of aromatic nitrogens is 2. The summed E-state index contributed by atoms with van der Waals surface area (Å²) >= 11 is 2.28. The van der Waals surface area contributed by atoms with Crippen molar-refractivity contribution in [3.05, 3.63) is 9.26 Å². The maximum atomic E-state index is 6.06. The number of anilines is 1. The first-order valence-corrected chi connectivity index (χ1v) is 6.49. The quantitative estimate of drug-likeness (QED) is 0.808. The summed E-state index contributed by atoms with van der Waals surface area (Å²) in [5.41, 5.74) is 7.57. The first kappa shape index (κ1) is 11.2. The van der Waals surface area contributed by atoms with Gasteiger partial charge in [0.25, 0.3) is 0 Å². The fourth-order valence-electron chi connectivity index (χ4n) is 2.43. The number of hydrogen-bond donors (Lipinski definition) is 1. The minimum Gasteiger partial charge on any atom is -0.383 e. The zero-order valence-electron chi connectivity index (χ0n) is 9.55. The maximum absolute atomic E-state index is 6.06. The van der Waals surface area contributed by atoms with Gasteiger partial charge in [0.15, 0.2) is 0 Å². The second kappa shape index (κ2) is 3.64. The van der Waals surface area contributed by atoms with Gasteiger partial charge in [0.05, 0.1) is 15.3 Å². The molecule has 0 amide bonds. The number of nitrogens with zero attached hydrogens (tertiary/aromatic N) is 2. The van der Waals surface area contributed by atoms with Crippen molar-refractivity contribution in [1.29, 1.82) is 0 Å². The normalized spacial score (nSPS) is 24.7. The second-order valence-corrected chi connectivity index (χ2v) is 6.37. The Bertz CT molecular complexity index is 381.